The lowest BCUT2D eigenvalue weighted by atomic mass is 9.83. The third-order valence-electron chi connectivity index (χ3n) is 8.69. The average molecular weight is 565 g/mol. The van der Waals surface area contributed by atoms with Gasteiger partial charge in [-0.3, -0.25) is 19.7 Å². The van der Waals surface area contributed by atoms with Crippen molar-refractivity contribution in [2.45, 2.75) is 83.1 Å². The summed E-state index contributed by atoms with van der Waals surface area (Å²) in [6, 6.07) is 5.57. The molecule has 0 spiro atoms. The van der Waals surface area contributed by atoms with Crippen LogP contribution in [0.2, 0.25) is 0 Å². The van der Waals surface area contributed by atoms with Crippen molar-refractivity contribution in [3.8, 4) is 11.5 Å². The quantitative estimate of drug-likeness (QED) is 0.109. The molecule has 1 aromatic heterocycles. The van der Waals surface area contributed by atoms with Crippen LogP contribution < -0.4 is 21.5 Å². The molecule has 0 atom stereocenters. The Morgan fingerprint density at radius 3 is 2.59 bits per heavy atom. The van der Waals surface area contributed by atoms with E-state index in [1.165, 1.54) is 12.8 Å². The van der Waals surface area contributed by atoms with Crippen LogP contribution in [0.4, 0.5) is 11.5 Å². The number of aromatic nitrogens is 2. The van der Waals surface area contributed by atoms with Crippen molar-refractivity contribution in [1.29, 1.82) is 5.41 Å². The van der Waals surface area contributed by atoms with Crippen molar-refractivity contribution >= 4 is 23.1 Å². The first-order chi connectivity index (χ1) is 20.0. The molecule has 41 heavy (non-hydrogen) atoms. The third-order valence-corrected chi connectivity index (χ3v) is 8.69. The lowest BCUT2D eigenvalue weighted by Crippen LogP contribution is -2.36. The van der Waals surface area contributed by atoms with Gasteiger partial charge in [0, 0.05) is 37.5 Å². The first kappa shape index (κ1) is 29.3. The number of Topliss-reactive ketones (excluding diaryl/α,β-unsaturated/α-hetero) is 1. The Bertz CT molecular complexity index is 1260. The fraction of sp³-hybridized carbons (Fsp3) is 0.613. The first-order valence-corrected chi connectivity index (χ1v) is 15.3. The van der Waals surface area contributed by atoms with E-state index in [1.54, 1.807) is 16.8 Å². The van der Waals surface area contributed by atoms with E-state index in [1.807, 2.05) is 12.1 Å². The molecular weight excluding hydrogens is 520 g/mol. The normalized spacial score (nSPS) is 20.4. The lowest BCUT2D eigenvalue weighted by Gasteiger charge is -2.30. The third kappa shape index (κ3) is 7.95. The topological polar surface area (TPSA) is 136 Å². The number of hydrogen-bond acceptors (Lipinski definition) is 8. The van der Waals surface area contributed by atoms with Gasteiger partial charge in [0.25, 0.3) is 0 Å². The summed E-state index contributed by atoms with van der Waals surface area (Å²) < 4.78 is 13.3. The smallest absolute Gasteiger partial charge is 0.350 e. The van der Waals surface area contributed by atoms with Crippen molar-refractivity contribution in [2.75, 3.05) is 38.2 Å². The average Bonchev–Trinajstić information content (AvgIpc) is 2.98. The lowest BCUT2D eigenvalue weighted by molar-refractivity contribution is 0.0371. The number of nitrogens with one attached hydrogen (secondary N) is 2. The van der Waals surface area contributed by atoms with E-state index in [-0.39, 0.29) is 23.4 Å². The molecule has 1 saturated carbocycles. The summed E-state index contributed by atoms with van der Waals surface area (Å²) >= 11 is 0. The Hall–Kier alpha value is -3.24. The summed E-state index contributed by atoms with van der Waals surface area (Å²) in [5.74, 6) is 2.63. The van der Waals surface area contributed by atoms with Crippen LogP contribution in [0.15, 0.2) is 29.2 Å². The Kier molecular flexibility index (Phi) is 10.1. The maximum absolute atomic E-state index is 13.0. The number of ether oxygens (including phenoxy) is 2. The van der Waals surface area contributed by atoms with Crippen molar-refractivity contribution in [2.24, 2.45) is 11.7 Å². The molecule has 1 aliphatic carbocycles. The van der Waals surface area contributed by atoms with E-state index in [2.05, 4.69) is 15.2 Å². The second-order valence-electron chi connectivity index (χ2n) is 11.7. The molecule has 1 saturated heterocycles. The molecule has 0 amide bonds. The molecule has 2 fully saturated rings. The molecule has 3 heterocycles. The van der Waals surface area contributed by atoms with Crippen molar-refractivity contribution in [3.63, 3.8) is 0 Å². The molecule has 3 aliphatic rings. The minimum atomic E-state index is -0.275. The second kappa shape index (κ2) is 14.1. The van der Waals surface area contributed by atoms with Gasteiger partial charge in [0.15, 0.2) is 23.1 Å². The highest BCUT2D eigenvalue weighted by Crippen LogP contribution is 2.42. The van der Waals surface area contributed by atoms with Crippen LogP contribution in [-0.4, -0.2) is 58.9 Å². The Morgan fingerprint density at radius 2 is 1.80 bits per heavy atom. The van der Waals surface area contributed by atoms with Gasteiger partial charge in [0.05, 0.1) is 30.9 Å². The second-order valence-corrected chi connectivity index (χ2v) is 11.7. The summed E-state index contributed by atoms with van der Waals surface area (Å²) in [4.78, 5) is 32.5. The van der Waals surface area contributed by atoms with Gasteiger partial charge in [-0.1, -0.05) is 19.3 Å². The van der Waals surface area contributed by atoms with Gasteiger partial charge in [-0.05, 0) is 75.6 Å². The number of nitrogens with zero attached hydrogens (tertiary/aromatic N) is 3. The van der Waals surface area contributed by atoms with Crippen molar-refractivity contribution in [3.05, 3.63) is 40.4 Å². The first-order valence-electron chi connectivity index (χ1n) is 15.3. The highest BCUT2D eigenvalue weighted by atomic mass is 16.5. The maximum Gasteiger partial charge on any atom is 0.350 e. The molecule has 10 nitrogen and oxygen atoms in total. The summed E-state index contributed by atoms with van der Waals surface area (Å²) in [5, 5.41) is 10.6. The zero-order valence-corrected chi connectivity index (χ0v) is 24.0. The largest absolute Gasteiger partial charge is 0.450 e. The number of fused-ring (bicyclic) bond motifs is 2. The van der Waals surface area contributed by atoms with Crippen LogP contribution in [-0.2, 0) is 4.74 Å². The zero-order chi connectivity index (χ0) is 28.6. The number of carbonyl (C=O) groups is 1. The van der Waals surface area contributed by atoms with Crippen LogP contribution in [0.3, 0.4) is 0 Å². The van der Waals surface area contributed by atoms with Gasteiger partial charge >= 0.3 is 5.69 Å². The number of carbonyl (C=O) groups excluding carboxylic acids is 1. The standard InChI is InChI=1S/C31H44N6O4/c32-29(33)8-3-1-2-6-22-9-12-24(13-10-22)37-21-28-30(35-31(37)39)34-25-20-23(11-14-27(25)41-28)26(38)7-4-5-15-36-16-18-40-19-17-36/h11,14,20-22,24H,1-10,12-13,15-19H2,(H3,32,33)(H,34,35,39). The minimum Gasteiger partial charge on any atom is -0.450 e. The predicted molar refractivity (Wildman–Crippen MR) is 160 cm³/mol. The predicted octanol–water partition coefficient (Wildman–Crippen LogP) is 5.40. The van der Waals surface area contributed by atoms with Gasteiger partial charge < -0.3 is 20.5 Å². The van der Waals surface area contributed by atoms with Crippen LogP contribution in [0.5, 0.6) is 11.5 Å². The molecule has 0 radical (unpaired) electrons. The molecular formula is C31H44N6O4. The Morgan fingerprint density at radius 1 is 1.02 bits per heavy atom. The maximum atomic E-state index is 13.0. The number of anilines is 2. The van der Waals surface area contributed by atoms with Gasteiger partial charge in [-0.25, -0.2) is 4.79 Å². The van der Waals surface area contributed by atoms with Crippen molar-refractivity contribution < 1.29 is 14.3 Å². The van der Waals surface area contributed by atoms with E-state index >= 15 is 0 Å². The van der Waals surface area contributed by atoms with E-state index < -0.39 is 0 Å². The number of benzene rings is 1. The van der Waals surface area contributed by atoms with Crippen LogP contribution in [0.1, 0.15) is 93.4 Å². The Balaban J connectivity index is 1.11. The number of morpholine rings is 1. The van der Waals surface area contributed by atoms with Crippen molar-refractivity contribution in [1.82, 2.24) is 14.5 Å². The summed E-state index contributed by atoms with van der Waals surface area (Å²) in [6.07, 6.45) is 13.4. The molecule has 0 unspecified atom stereocenters. The monoisotopic (exact) mass is 564 g/mol. The van der Waals surface area contributed by atoms with E-state index in [0.29, 0.717) is 47.3 Å². The highest BCUT2D eigenvalue weighted by Gasteiger charge is 2.26. The van der Waals surface area contributed by atoms with E-state index in [4.69, 9.17) is 20.6 Å². The van der Waals surface area contributed by atoms with E-state index in [0.717, 1.165) is 84.2 Å². The van der Waals surface area contributed by atoms with Gasteiger partial charge in [0.2, 0.25) is 0 Å². The summed E-state index contributed by atoms with van der Waals surface area (Å²) in [5.41, 5.74) is 6.46. The summed E-state index contributed by atoms with van der Waals surface area (Å²) in [7, 11) is 0. The molecule has 4 N–H and O–H groups in total. The molecule has 222 valence electrons. The molecule has 5 rings (SSSR count). The highest BCUT2D eigenvalue weighted by molar-refractivity contribution is 5.97. The number of amidine groups is 1. The number of rotatable bonds is 13. The van der Waals surface area contributed by atoms with Gasteiger partial charge in [0.1, 0.15) is 0 Å². The SMILES string of the molecule is N=C(N)CCCCCC1CCC(n2cc3c(nc2=O)Nc2cc(C(=O)CCCCN4CCOCC4)ccc2O3)CC1. The molecule has 0 bridgehead atoms. The molecule has 2 aliphatic heterocycles. The summed E-state index contributed by atoms with van der Waals surface area (Å²) in [6.45, 7) is 4.53. The number of nitrogens with two attached hydrogens (primary N) is 1. The fourth-order valence-corrected chi connectivity index (χ4v) is 6.24. The molecule has 2 aromatic rings. The number of hydrogen-bond donors (Lipinski definition) is 3. The number of ketones is 1. The fourth-order valence-electron chi connectivity index (χ4n) is 6.24. The molecule has 10 heteroatoms. The van der Waals surface area contributed by atoms with Crippen LogP contribution in [0.25, 0.3) is 0 Å². The zero-order valence-electron chi connectivity index (χ0n) is 24.0. The minimum absolute atomic E-state index is 0.109. The molecule has 1 aromatic carbocycles. The number of unbranched alkanes of at least 4 members (excludes halogenated alkanes) is 3. The van der Waals surface area contributed by atoms with Crippen LogP contribution in [0, 0.1) is 11.3 Å². The Labute approximate surface area is 242 Å². The van der Waals surface area contributed by atoms with Gasteiger partial charge in [-0.15, -0.1) is 0 Å². The van der Waals surface area contributed by atoms with E-state index in [9.17, 15) is 9.59 Å². The van der Waals surface area contributed by atoms with Crippen LogP contribution >= 0.6 is 0 Å². The van der Waals surface area contributed by atoms with Gasteiger partial charge in [-0.2, -0.15) is 4.98 Å².